The third kappa shape index (κ3) is 11.0. The standard InChI is InChI=1S/C24H38FN4OS.C6H4ClF/c1-6-8-12-29(5,30)17-20-14-23-21(22(26)11-9-10-18(3)25)15-27-24(28(23)16-20)19(4)31-13-7-2;7-5-2-1-3-6(8)4-5/h7,9,11,13,18,20,26,30H,4,6,8,10,12,14-17H2,1-3,5H3;1-4H/q+1;/b11-9-,13-7-,26-22?;. The third-order valence-corrected chi connectivity index (χ3v) is 7.45. The van der Waals surface area contributed by atoms with Crippen molar-refractivity contribution < 1.29 is 18.6 Å². The molecule has 0 amide bonds. The highest BCUT2D eigenvalue weighted by Gasteiger charge is 2.39. The second-order valence-electron chi connectivity index (χ2n) is 10.1. The smallest absolute Gasteiger partial charge is 0.141 e. The summed E-state index contributed by atoms with van der Waals surface area (Å²) >= 11 is 6.96. The van der Waals surface area contributed by atoms with Crippen LogP contribution in [-0.2, 0) is 0 Å². The number of fused-ring (bicyclic) bond motifs is 1. The highest BCUT2D eigenvalue weighted by Crippen LogP contribution is 2.37. The summed E-state index contributed by atoms with van der Waals surface area (Å²) in [6, 6.07) is 5.82. The molecule has 0 spiro atoms. The lowest BCUT2D eigenvalue weighted by atomic mass is 10.0. The molecule has 3 atom stereocenters. The fourth-order valence-corrected chi connectivity index (χ4v) is 5.29. The molecule has 0 bridgehead atoms. The summed E-state index contributed by atoms with van der Waals surface area (Å²) in [4.78, 5) is 7.83. The molecule has 39 heavy (non-hydrogen) atoms. The van der Waals surface area contributed by atoms with Crippen LogP contribution in [0.3, 0.4) is 0 Å². The average Bonchev–Trinajstić information content (AvgIpc) is 3.28. The number of halogens is 3. The van der Waals surface area contributed by atoms with Gasteiger partial charge in [0.2, 0.25) is 0 Å². The van der Waals surface area contributed by atoms with Gasteiger partial charge in [0.15, 0.2) is 0 Å². The van der Waals surface area contributed by atoms with E-state index in [1.165, 1.54) is 19.1 Å². The van der Waals surface area contributed by atoms with Crippen LogP contribution in [0.25, 0.3) is 0 Å². The fourth-order valence-electron chi connectivity index (χ4n) is 4.53. The first-order valence-corrected chi connectivity index (χ1v) is 14.6. The van der Waals surface area contributed by atoms with Gasteiger partial charge in [-0.3, -0.25) is 4.99 Å². The van der Waals surface area contributed by atoms with Crippen LogP contribution < -0.4 is 0 Å². The van der Waals surface area contributed by atoms with Crippen LogP contribution in [0.4, 0.5) is 8.78 Å². The van der Waals surface area contributed by atoms with Gasteiger partial charge in [-0.05, 0) is 62.8 Å². The molecule has 9 heteroatoms. The van der Waals surface area contributed by atoms with Crippen molar-refractivity contribution in [1.29, 1.82) is 5.41 Å². The second-order valence-corrected chi connectivity index (χ2v) is 11.6. The fraction of sp³-hybridized carbons (Fsp3) is 0.467. The number of nitrogens with zero attached hydrogens (tertiary/aromatic N) is 3. The summed E-state index contributed by atoms with van der Waals surface area (Å²) in [6.45, 7) is 12.4. The molecule has 0 aliphatic carbocycles. The monoisotopic (exact) mass is 579 g/mol. The first-order chi connectivity index (χ1) is 18.5. The summed E-state index contributed by atoms with van der Waals surface area (Å²) in [5.74, 6) is 0.832. The highest BCUT2D eigenvalue weighted by molar-refractivity contribution is 8.06. The Labute approximate surface area is 241 Å². The summed E-state index contributed by atoms with van der Waals surface area (Å²) in [5, 5.41) is 21.8. The minimum atomic E-state index is -0.917. The number of amidine groups is 1. The van der Waals surface area contributed by atoms with Gasteiger partial charge in [-0.1, -0.05) is 61.5 Å². The van der Waals surface area contributed by atoms with Crippen molar-refractivity contribution in [2.45, 2.75) is 52.6 Å². The van der Waals surface area contributed by atoms with E-state index in [2.05, 4.69) is 18.4 Å². The minimum absolute atomic E-state index is 0.0153. The quantitative estimate of drug-likeness (QED) is 0.149. The van der Waals surface area contributed by atoms with Gasteiger partial charge in [-0.2, -0.15) is 4.65 Å². The molecule has 1 aromatic rings. The summed E-state index contributed by atoms with van der Waals surface area (Å²) in [7, 11) is 1.88. The molecule has 5 nitrogen and oxygen atoms in total. The van der Waals surface area contributed by atoms with Gasteiger partial charge in [0, 0.05) is 33.7 Å². The van der Waals surface area contributed by atoms with Crippen molar-refractivity contribution in [2.24, 2.45) is 10.9 Å². The Morgan fingerprint density at radius 2 is 2.18 bits per heavy atom. The number of nitrogens with one attached hydrogen (secondary N) is 1. The van der Waals surface area contributed by atoms with Crippen LogP contribution in [0, 0.1) is 17.1 Å². The van der Waals surface area contributed by atoms with E-state index >= 15 is 0 Å². The molecule has 0 aromatic heterocycles. The van der Waals surface area contributed by atoms with Crippen molar-refractivity contribution in [3.8, 4) is 0 Å². The average molecular weight is 580 g/mol. The van der Waals surface area contributed by atoms with Crippen LogP contribution in [0.2, 0.25) is 5.02 Å². The van der Waals surface area contributed by atoms with E-state index < -0.39 is 6.17 Å². The highest BCUT2D eigenvalue weighted by atomic mass is 35.5. The number of alkyl halides is 1. The lowest BCUT2D eigenvalue weighted by Crippen LogP contribution is -2.45. The van der Waals surface area contributed by atoms with Crippen molar-refractivity contribution in [3.63, 3.8) is 0 Å². The Kier molecular flexibility index (Phi) is 13.6. The van der Waals surface area contributed by atoms with Crippen LogP contribution in [0.1, 0.15) is 46.5 Å². The molecule has 3 rings (SSSR count). The largest absolute Gasteiger partial charge is 0.329 e. The van der Waals surface area contributed by atoms with Crippen molar-refractivity contribution in [1.82, 2.24) is 4.90 Å². The maximum Gasteiger partial charge on any atom is 0.141 e. The van der Waals surface area contributed by atoms with Crippen LogP contribution in [0.15, 0.2) is 75.6 Å². The molecule has 2 heterocycles. The van der Waals surface area contributed by atoms with Crippen molar-refractivity contribution in [2.75, 3.05) is 33.2 Å². The van der Waals surface area contributed by atoms with E-state index in [1.807, 2.05) is 25.5 Å². The van der Waals surface area contributed by atoms with E-state index in [0.717, 1.165) is 54.4 Å². The topological polar surface area (TPSA) is 59.7 Å². The van der Waals surface area contributed by atoms with E-state index in [-0.39, 0.29) is 16.4 Å². The lowest BCUT2D eigenvalue weighted by Gasteiger charge is -2.30. The maximum atomic E-state index is 13.1. The Hall–Kier alpha value is -2.26. The molecule has 2 N–H and O–H groups in total. The number of thioether (sulfide) groups is 1. The first-order valence-electron chi connectivity index (χ1n) is 13.4. The summed E-state index contributed by atoms with van der Waals surface area (Å²) in [6.07, 6.45) is 7.63. The van der Waals surface area contributed by atoms with Gasteiger partial charge in [0.1, 0.15) is 30.9 Å². The zero-order valence-corrected chi connectivity index (χ0v) is 25.0. The molecular formula is C30H42ClF2N4OS+. The molecule has 1 saturated heterocycles. The Morgan fingerprint density at radius 3 is 2.77 bits per heavy atom. The van der Waals surface area contributed by atoms with Gasteiger partial charge < -0.3 is 10.3 Å². The SMILES string of the molecule is C=C(S/C=C\C)C1=NCC(C(=N)/C=C\CC(C)F)=C2CC(C[N+](C)(O)CCCC)CN12.Fc1cccc(Cl)c1. The molecule has 3 unspecified atom stereocenters. The molecule has 0 saturated carbocycles. The van der Waals surface area contributed by atoms with E-state index in [9.17, 15) is 14.0 Å². The summed E-state index contributed by atoms with van der Waals surface area (Å²) < 4.78 is 25.2. The van der Waals surface area contributed by atoms with Crippen molar-refractivity contribution >= 4 is 34.9 Å². The van der Waals surface area contributed by atoms with Crippen LogP contribution >= 0.6 is 23.4 Å². The number of rotatable bonds is 12. The van der Waals surface area contributed by atoms with Gasteiger partial charge in [0.25, 0.3) is 0 Å². The Morgan fingerprint density at radius 1 is 1.44 bits per heavy atom. The number of quaternary nitrogens is 1. The molecule has 214 valence electrons. The Bertz CT molecular complexity index is 1100. The number of allylic oxidation sites excluding steroid dienone is 4. The van der Waals surface area contributed by atoms with E-state index in [4.69, 9.17) is 22.0 Å². The number of benzene rings is 1. The van der Waals surface area contributed by atoms with Crippen LogP contribution in [-0.4, -0.2) is 65.7 Å². The number of aliphatic imine (C=N–C) groups is 1. The summed E-state index contributed by atoms with van der Waals surface area (Å²) in [5.41, 5.74) is 2.37. The molecule has 2 aliphatic rings. The van der Waals surface area contributed by atoms with Crippen molar-refractivity contribution in [3.05, 3.63) is 81.5 Å². The predicted molar refractivity (Wildman–Crippen MR) is 162 cm³/mol. The lowest BCUT2D eigenvalue weighted by molar-refractivity contribution is -1.09. The van der Waals surface area contributed by atoms with Gasteiger partial charge in [0.05, 0.1) is 19.3 Å². The molecule has 2 aliphatic heterocycles. The van der Waals surface area contributed by atoms with Gasteiger partial charge >= 0.3 is 0 Å². The first kappa shape index (κ1) is 32.9. The van der Waals surface area contributed by atoms with Crippen LogP contribution in [0.5, 0.6) is 0 Å². The maximum absolute atomic E-state index is 13.1. The second kappa shape index (κ2) is 16.1. The number of hydrogen-bond acceptors (Lipinski definition) is 5. The number of unbranched alkanes of at least 4 members (excludes halogenated alkanes) is 1. The zero-order chi connectivity index (χ0) is 29.0. The molecule has 1 aromatic carbocycles. The predicted octanol–water partition coefficient (Wildman–Crippen LogP) is 8.19. The normalized spacial score (nSPS) is 19.4. The van der Waals surface area contributed by atoms with E-state index in [1.54, 1.807) is 36.0 Å². The number of hydrogen-bond donors (Lipinski definition) is 2. The minimum Gasteiger partial charge on any atom is -0.329 e. The molecule has 1 fully saturated rings. The number of hydroxylamine groups is 3. The molecule has 0 radical (unpaired) electrons. The van der Waals surface area contributed by atoms with Gasteiger partial charge in [-0.25, -0.2) is 14.0 Å². The Balaban J connectivity index is 0.000000568. The zero-order valence-electron chi connectivity index (χ0n) is 23.5. The van der Waals surface area contributed by atoms with Gasteiger partial charge in [-0.15, -0.1) is 0 Å². The third-order valence-electron chi connectivity index (χ3n) is 6.34. The molecular weight excluding hydrogens is 538 g/mol. The van der Waals surface area contributed by atoms with E-state index in [0.29, 0.717) is 30.2 Å².